The van der Waals surface area contributed by atoms with Crippen LogP contribution < -0.4 is 10.6 Å². The average molecular weight is 581 g/mol. The number of benzene rings is 1. The third-order valence-electron chi connectivity index (χ3n) is 6.81. The molecule has 2 rings (SSSR count). The first-order valence-electron chi connectivity index (χ1n) is 15.3. The van der Waals surface area contributed by atoms with Gasteiger partial charge in [-0.15, -0.1) is 0 Å². The van der Waals surface area contributed by atoms with Crippen molar-refractivity contribution in [2.45, 2.75) is 110 Å². The number of hydrogen-bond acceptors (Lipinski definition) is 7. The van der Waals surface area contributed by atoms with Gasteiger partial charge in [-0.2, -0.15) is 0 Å². The third kappa shape index (κ3) is 12.5. The van der Waals surface area contributed by atoms with E-state index in [0.717, 1.165) is 51.4 Å². The summed E-state index contributed by atoms with van der Waals surface area (Å²) in [7, 11) is 0. The van der Waals surface area contributed by atoms with Crippen molar-refractivity contribution in [3.05, 3.63) is 35.9 Å². The summed E-state index contributed by atoms with van der Waals surface area (Å²) < 4.78 is 32.1. The minimum atomic E-state index is -0.374. The molecule has 1 fully saturated rings. The maximum Gasteiger partial charge on any atom is 0.257 e. The second kappa shape index (κ2) is 21.1. The maximum absolute atomic E-state index is 12.6. The van der Waals surface area contributed by atoms with Crippen LogP contribution in [0.4, 0.5) is 0 Å². The van der Waals surface area contributed by atoms with Gasteiger partial charge in [0.2, 0.25) is 0 Å². The first-order chi connectivity index (χ1) is 19.5. The number of thiocarbonyl (C=S) groups is 1. The minimum absolute atomic E-state index is 0.241. The molecular weight excluding hydrogens is 528 g/mol. The summed E-state index contributed by atoms with van der Waals surface area (Å²) in [5.41, 5.74) is 0.544. The Morgan fingerprint density at radius 1 is 0.775 bits per heavy atom. The summed E-state index contributed by atoms with van der Waals surface area (Å²) in [5.74, 6) is -0.259. The van der Waals surface area contributed by atoms with Crippen molar-refractivity contribution in [1.82, 2.24) is 10.6 Å². The van der Waals surface area contributed by atoms with E-state index in [0.29, 0.717) is 45.1 Å². The highest BCUT2D eigenvalue weighted by atomic mass is 32.1. The van der Waals surface area contributed by atoms with Gasteiger partial charge >= 0.3 is 0 Å². The molecule has 8 nitrogen and oxygen atoms in total. The Labute approximate surface area is 247 Å². The van der Waals surface area contributed by atoms with Gasteiger partial charge < -0.3 is 29.0 Å². The highest BCUT2D eigenvalue weighted by Gasteiger charge is 2.48. The number of hydrogen-bond donors (Lipinski definition) is 2. The average Bonchev–Trinajstić information content (AvgIpc) is 2.96. The summed E-state index contributed by atoms with van der Waals surface area (Å²) in [4.78, 5) is 12.6. The summed E-state index contributed by atoms with van der Waals surface area (Å²) in [6.45, 7) is 11.9. The van der Waals surface area contributed by atoms with E-state index < -0.39 is 0 Å². The molecule has 0 bridgehead atoms. The molecular formula is C31H52N2O6S. The molecule has 1 aromatic carbocycles. The monoisotopic (exact) mass is 580 g/mol. The van der Waals surface area contributed by atoms with E-state index in [2.05, 4.69) is 38.3 Å². The molecule has 2 N–H and O–H groups in total. The largest absolute Gasteiger partial charge is 0.379 e. The van der Waals surface area contributed by atoms with Crippen LogP contribution in [0, 0.1) is 0 Å². The predicted molar refractivity (Wildman–Crippen MR) is 163 cm³/mol. The molecule has 1 aliphatic rings. The molecule has 0 radical (unpaired) electrons. The van der Waals surface area contributed by atoms with Gasteiger partial charge in [0.05, 0.1) is 6.61 Å². The fourth-order valence-corrected chi connectivity index (χ4v) is 4.60. The summed E-state index contributed by atoms with van der Waals surface area (Å²) in [6, 6.07) is 9.01. The van der Waals surface area contributed by atoms with E-state index in [1.165, 1.54) is 0 Å². The summed E-state index contributed by atoms with van der Waals surface area (Å²) in [5, 5.41) is 6.19. The normalized spacial score (nSPS) is 22.6. The lowest BCUT2D eigenvalue weighted by Crippen LogP contribution is -2.63. The van der Waals surface area contributed by atoms with Gasteiger partial charge in [0.25, 0.3) is 5.91 Å². The Morgan fingerprint density at radius 3 is 1.88 bits per heavy atom. The molecule has 1 aromatic rings. The fourth-order valence-electron chi connectivity index (χ4n) is 4.42. The highest BCUT2D eigenvalue weighted by molar-refractivity contribution is 7.80. The highest BCUT2D eigenvalue weighted by Crippen LogP contribution is 2.29. The standard InChI is InChI=1S/C31H52N2O6S/c1-5-9-18-35-23-26-28(37-20-11-7-3)29(38-21-12-8-4)27(36-19-10-6-2)25(39-26)22-32-31(40)33-30(34)24-16-14-13-15-17-24/h13-17,25-29H,5-12,18-23H2,1-4H3,(H2,32,33,34,40)/t25-,26-,27-,28-,29-/m1/s1. The van der Waals surface area contributed by atoms with Crippen LogP contribution in [0.1, 0.15) is 89.4 Å². The minimum Gasteiger partial charge on any atom is -0.379 e. The molecule has 1 heterocycles. The molecule has 9 heteroatoms. The number of carbonyl (C=O) groups excluding carboxylic acids is 1. The molecule has 40 heavy (non-hydrogen) atoms. The number of amides is 1. The summed E-state index contributed by atoms with van der Waals surface area (Å²) in [6.07, 6.45) is 6.36. The van der Waals surface area contributed by atoms with Crippen LogP contribution in [-0.2, 0) is 23.7 Å². The molecule has 1 saturated heterocycles. The smallest absolute Gasteiger partial charge is 0.257 e. The van der Waals surface area contributed by atoms with Crippen LogP contribution in [0.15, 0.2) is 30.3 Å². The number of unbranched alkanes of at least 4 members (excludes halogenated alkanes) is 4. The van der Waals surface area contributed by atoms with Crippen molar-refractivity contribution in [3.8, 4) is 0 Å². The van der Waals surface area contributed by atoms with Crippen LogP contribution in [-0.4, -0.2) is 81.1 Å². The van der Waals surface area contributed by atoms with Crippen LogP contribution in [0.2, 0.25) is 0 Å². The van der Waals surface area contributed by atoms with Crippen LogP contribution in [0.3, 0.4) is 0 Å². The quantitative estimate of drug-likeness (QED) is 0.156. The second-order valence-corrected chi connectivity index (χ2v) is 10.6. The van der Waals surface area contributed by atoms with Gasteiger partial charge in [-0.3, -0.25) is 10.1 Å². The molecule has 0 unspecified atom stereocenters. The van der Waals surface area contributed by atoms with Crippen LogP contribution in [0.25, 0.3) is 0 Å². The summed E-state index contributed by atoms with van der Waals surface area (Å²) >= 11 is 5.46. The van der Waals surface area contributed by atoms with Crippen molar-refractivity contribution in [2.24, 2.45) is 0 Å². The van der Waals surface area contributed by atoms with E-state index in [1.54, 1.807) is 12.1 Å². The maximum atomic E-state index is 12.6. The topological polar surface area (TPSA) is 87.3 Å². The lowest BCUT2D eigenvalue weighted by atomic mass is 9.94. The Kier molecular flexibility index (Phi) is 18.3. The first kappa shape index (κ1) is 34.6. The van der Waals surface area contributed by atoms with Gasteiger partial charge in [0, 0.05) is 38.5 Å². The molecule has 0 aromatic heterocycles. The zero-order chi connectivity index (χ0) is 29.0. The predicted octanol–water partition coefficient (Wildman–Crippen LogP) is 5.43. The Balaban J connectivity index is 2.20. The van der Waals surface area contributed by atoms with Crippen LogP contribution in [0.5, 0.6) is 0 Å². The second-order valence-electron chi connectivity index (χ2n) is 10.2. The number of nitrogens with one attached hydrogen (secondary N) is 2. The lowest BCUT2D eigenvalue weighted by Gasteiger charge is -2.46. The number of carbonyl (C=O) groups is 1. The third-order valence-corrected chi connectivity index (χ3v) is 7.05. The zero-order valence-corrected chi connectivity index (χ0v) is 25.8. The first-order valence-corrected chi connectivity index (χ1v) is 15.7. The van der Waals surface area contributed by atoms with E-state index in [-0.39, 0.29) is 41.5 Å². The number of rotatable bonds is 20. The fraction of sp³-hybridized carbons (Fsp3) is 0.742. The van der Waals surface area contributed by atoms with Crippen molar-refractivity contribution < 1.29 is 28.5 Å². The van der Waals surface area contributed by atoms with E-state index >= 15 is 0 Å². The van der Waals surface area contributed by atoms with Crippen molar-refractivity contribution in [3.63, 3.8) is 0 Å². The van der Waals surface area contributed by atoms with E-state index in [9.17, 15) is 4.79 Å². The molecule has 1 amide bonds. The Morgan fingerprint density at radius 2 is 1.30 bits per heavy atom. The molecule has 1 aliphatic heterocycles. The van der Waals surface area contributed by atoms with Crippen molar-refractivity contribution >= 4 is 23.2 Å². The van der Waals surface area contributed by atoms with E-state index in [1.807, 2.05) is 18.2 Å². The van der Waals surface area contributed by atoms with Crippen molar-refractivity contribution in [2.75, 3.05) is 39.6 Å². The SMILES string of the molecule is CCCCOC[C@H]1O[C@H](CNC(=S)NC(=O)c2ccccc2)[C@@H](OCCCC)[C@@H](OCCCC)[C@@H]1OCCCC. The molecule has 0 aliphatic carbocycles. The molecule has 0 spiro atoms. The zero-order valence-electron chi connectivity index (χ0n) is 25.0. The Bertz CT molecular complexity index is 814. The molecule has 228 valence electrons. The van der Waals surface area contributed by atoms with Gasteiger partial charge in [-0.25, -0.2) is 0 Å². The number of ether oxygens (including phenoxy) is 5. The van der Waals surface area contributed by atoms with Crippen molar-refractivity contribution in [1.29, 1.82) is 0 Å². The molecule has 5 atom stereocenters. The molecule has 0 saturated carbocycles. The van der Waals surface area contributed by atoms with Gasteiger partial charge in [0.15, 0.2) is 5.11 Å². The lowest BCUT2D eigenvalue weighted by molar-refractivity contribution is -0.264. The van der Waals surface area contributed by atoms with E-state index in [4.69, 9.17) is 35.9 Å². The Hall–Kier alpha value is -1.62. The van der Waals surface area contributed by atoms with Gasteiger partial charge in [-0.05, 0) is 50.0 Å². The van der Waals surface area contributed by atoms with Gasteiger partial charge in [0.1, 0.15) is 30.5 Å². The van der Waals surface area contributed by atoms with Gasteiger partial charge in [-0.1, -0.05) is 71.6 Å². The van der Waals surface area contributed by atoms with Crippen LogP contribution >= 0.6 is 12.2 Å².